The van der Waals surface area contributed by atoms with Crippen molar-refractivity contribution in [3.63, 3.8) is 0 Å². The van der Waals surface area contributed by atoms with Gasteiger partial charge in [0.1, 0.15) is 0 Å². The van der Waals surface area contributed by atoms with Gasteiger partial charge in [-0.1, -0.05) is 24.6 Å². The molecule has 1 rings (SSSR count). The van der Waals surface area contributed by atoms with Gasteiger partial charge >= 0.3 is 0 Å². The van der Waals surface area contributed by atoms with E-state index in [0.29, 0.717) is 0 Å². The summed E-state index contributed by atoms with van der Waals surface area (Å²) in [6.45, 7) is 4.41. The standard InChI is InChI=1S/C12H20S/c1-5-10-13(3,4)12-8-6-11(2)7-9-12/h6-9H,5,10H2,1-4H3. The third kappa shape index (κ3) is 2.77. The van der Waals surface area contributed by atoms with Crippen LogP contribution in [-0.4, -0.2) is 18.3 Å². The lowest BCUT2D eigenvalue weighted by Gasteiger charge is -2.31. The largest absolute Gasteiger partial charge is 0.220 e. The molecule has 0 heterocycles. The van der Waals surface area contributed by atoms with Gasteiger partial charge in [0, 0.05) is 0 Å². The topological polar surface area (TPSA) is 0 Å². The Labute approximate surface area is 83.7 Å². The maximum Gasteiger partial charge on any atom is -0.0104 e. The summed E-state index contributed by atoms with van der Waals surface area (Å²) in [6.07, 6.45) is 6.10. The summed E-state index contributed by atoms with van der Waals surface area (Å²) < 4.78 is 0. The van der Waals surface area contributed by atoms with Crippen LogP contribution < -0.4 is 0 Å². The second-order valence-electron chi connectivity index (χ2n) is 4.06. The van der Waals surface area contributed by atoms with Gasteiger partial charge in [-0.15, -0.1) is 0 Å². The molecule has 0 bridgehead atoms. The number of hydrogen-bond donors (Lipinski definition) is 0. The minimum absolute atomic E-state index is 0.527. The molecule has 0 saturated heterocycles. The lowest BCUT2D eigenvalue weighted by molar-refractivity contribution is 1.09. The fourth-order valence-electron chi connectivity index (χ4n) is 1.53. The summed E-state index contributed by atoms with van der Waals surface area (Å²) in [5, 5.41) is 0. The Morgan fingerprint density at radius 3 is 2.08 bits per heavy atom. The van der Waals surface area contributed by atoms with Crippen molar-refractivity contribution < 1.29 is 0 Å². The van der Waals surface area contributed by atoms with E-state index >= 15 is 0 Å². The summed E-state index contributed by atoms with van der Waals surface area (Å²) in [6, 6.07) is 9.03. The molecule has 0 aliphatic heterocycles. The maximum atomic E-state index is 2.40. The highest BCUT2D eigenvalue weighted by molar-refractivity contribution is 8.32. The highest BCUT2D eigenvalue weighted by Gasteiger charge is 2.12. The maximum absolute atomic E-state index is 2.40. The average Bonchev–Trinajstić information content (AvgIpc) is 2.05. The second kappa shape index (κ2) is 4.19. The number of rotatable bonds is 3. The van der Waals surface area contributed by atoms with Crippen molar-refractivity contribution in [2.75, 3.05) is 18.3 Å². The average molecular weight is 196 g/mol. The fourth-order valence-corrected chi connectivity index (χ4v) is 3.66. The van der Waals surface area contributed by atoms with E-state index in [-0.39, 0.29) is 0 Å². The van der Waals surface area contributed by atoms with Crippen LogP contribution in [0.2, 0.25) is 0 Å². The van der Waals surface area contributed by atoms with E-state index in [4.69, 9.17) is 0 Å². The van der Waals surface area contributed by atoms with Crippen LogP contribution in [0.3, 0.4) is 0 Å². The Bertz CT molecular complexity index is 259. The van der Waals surface area contributed by atoms with Gasteiger partial charge in [-0.3, -0.25) is 0 Å². The first-order chi connectivity index (χ1) is 6.06. The number of benzene rings is 1. The van der Waals surface area contributed by atoms with Crippen molar-refractivity contribution in [1.29, 1.82) is 0 Å². The van der Waals surface area contributed by atoms with Crippen LogP contribution in [0, 0.1) is 6.92 Å². The Kier molecular flexibility index (Phi) is 3.43. The molecule has 1 aromatic rings. The smallest absolute Gasteiger partial charge is 0.0104 e. The first kappa shape index (κ1) is 10.6. The third-order valence-corrected chi connectivity index (χ3v) is 5.35. The molecular weight excluding hydrogens is 176 g/mol. The molecule has 0 aromatic heterocycles. The van der Waals surface area contributed by atoms with Crippen LogP contribution in [0.25, 0.3) is 0 Å². The minimum Gasteiger partial charge on any atom is -0.220 e. The molecule has 1 heteroatoms. The van der Waals surface area contributed by atoms with Crippen LogP contribution in [0.15, 0.2) is 29.2 Å². The molecule has 0 nitrogen and oxygen atoms in total. The molecule has 0 amide bonds. The van der Waals surface area contributed by atoms with Crippen molar-refractivity contribution >= 4 is 10.0 Å². The van der Waals surface area contributed by atoms with Gasteiger partial charge in [0.25, 0.3) is 0 Å². The van der Waals surface area contributed by atoms with Crippen molar-refractivity contribution in [1.82, 2.24) is 0 Å². The summed E-state index contributed by atoms with van der Waals surface area (Å²) in [5.41, 5.74) is 1.36. The van der Waals surface area contributed by atoms with Gasteiger partial charge in [0.05, 0.1) is 0 Å². The number of hydrogen-bond acceptors (Lipinski definition) is 0. The van der Waals surface area contributed by atoms with Crippen molar-refractivity contribution in [2.45, 2.75) is 25.2 Å². The number of aryl methyl sites for hydroxylation is 1. The van der Waals surface area contributed by atoms with Crippen LogP contribution in [0.4, 0.5) is 0 Å². The summed E-state index contributed by atoms with van der Waals surface area (Å²) in [5.74, 6) is 1.34. The van der Waals surface area contributed by atoms with E-state index in [0.717, 1.165) is 0 Å². The van der Waals surface area contributed by atoms with Crippen LogP contribution in [-0.2, 0) is 0 Å². The van der Waals surface area contributed by atoms with E-state index in [2.05, 4.69) is 50.6 Å². The van der Waals surface area contributed by atoms with Gasteiger partial charge in [-0.25, -0.2) is 10.0 Å². The Balaban J connectivity index is 2.87. The van der Waals surface area contributed by atoms with Gasteiger partial charge < -0.3 is 0 Å². The Hall–Kier alpha value is -0.430. The SMILES string of the molecule is CCCS(C)(C)c1ccc(C)cc1. The second-order valence-corrected chi connectivity index (χ2v) is 8.01. The van der Waals surface area contributed by atoms with E-state index in [1.54, 1.807) is 4.90 Å². The monoisotopic (exact) mass is 196 g/mol. The molecule has 0 atom stereocenters. The molecular formula is C12H20S. The van der Waals surface area contributed by atoms with Crippen LogP contribution >= 0.6 is 10.0 Å². The normalized spacial score (nSPS) is 12.9. The summed E-state index contributed by atoms with van der Waals surface area (Å²) >= 11 is 0. The van der Waals surface area contributed by atoms with Gasteiger partial charge in [0.2, 0.25) is 0 Å². The summed E-state index contributed by atoms with van der Waals surface area (Å²) in [4.78, 5) is 1.54. The molecule has 0 spiro atoms. The molecule has 1 aromatic carbocycles. The van der Waals surface area contributed by atoms with E-state index in [9.17, 15) is 0 Å². The van der Waals surface area contributed by atoms with Crippen molar-refractivity contribution in [3.05, 3.63) is 29.8 Å². The molecule has 0 unspecified atom stereocenters. The Morgan fingerprint density at radius 1 is 1.08 bits per heavy atom. The van der Waals surface area contributed by atoms with E-state index in [1.165, 1.54) is 17.7 Å². The molecule has 0 fully saturated rings. The van der Waals surface area contributed by atoms with Crippen LogP contribution in [0.5, 0.6) is 0 Å². The van der Waals surface area contributed by atoms with E-state index < -0.39 is 10.0 Å². The molecule has 0 saturated carbocycles. The molecule has 0 N–H and O–H groups in total. The third-order valence-electron chi connectivity index (χ3n) is 2.37. The zero-order valence-electron chi connectivity index (χ0n) is 9.13. The molecule has 0 radical (unpaired) electrons. The van der Waals surface area contributed by atoms with Crippen molar-refractivity contribution in [2.24, 2.45) is 0 Å². The highest BCUT2D eigenvalue weighted by Crippen LogP contribution is 2.49. The predicted octanol–water partition coefficient (Wildman–Crippen LogP) is 3.83. The first-order valence-corrected chi connectivity index (χ1v) is 7.46. The fraction of sp³-hybridized carbons (Fsp3) is 0.500. The molecule has 74 valence electrons. The van der Waals surface area contributed by atoms with Gasteiger partial charge in [-0.2, -0.15) is 0 Å². The minimum atomic E-state index is -0.527. The molecule has 0 aliphatic carbocycles. The quantitative estimate of drug-likeness (QED) is 0.689. The first-order valence-electron chi connectivity index (χ1n) is 4.84. The highest BCUT2D eigenvalue weighted by atomic mass is 32.3. The van der Waals surface area contributed by atoms with Crippen LogP contribution in [0.1, 0.15) is 18.9 Å². The Morgan fingerprint density at radius 2 is 1.62 bits per heavy atom. The molecule has 0 aliphatic rings. The van der Waals surface area contributed by atoms with Gasteiger partial charge in [0.15, 0.2) is 0 Å². The van der Waals surface area contributed by atoms with Gasteiger partial charge in [-0.05, 0) is 48.6 Å². The lowest BCUT2D eigenvalue weighted by atomic mass is 10.2. The predicted molar refractivity (Wildman–Crippen MR) is 64.0 cm³/mol. The molecule has 13 heavy (non-hydrogen) atoms. The van der Waals surface area contributed by atoms with Crippen molar-refractivity contribution in [3.8, 4) is 0 Å². The van der Waals surface area contributed by atoms with E-state index in [1.807, 2.05) is 0 Å². The zero-order chi connectivity index (χ0) is 9.90. The lowest BCUT2D eigenvalue weighted by Crippen LogP contribution is -2.00. The summed E-state index contributed by atoms with van der Waals surface area (Å²) in [7, 11) is -0.527. The zero-order valence-corrected chi connectivity index (χ0v) is 9.95.